The highest BCUT2D eigenvalue weighted by atomic mass is 32.2. The molecule has 164 valence electrons. The van der Waals surface area contributed by atoms with Gasteiger partial charge in [0.25, 0.3) is 21.9 Å². The fraction of sp³-hybridized carbons (Fsp3) is 0.500. The van der Waals surface area contributed by atoms with Gasteiger partial charge >= 0.3 is 0 Å². The topological polar surface area (TPSA) is 80.8 Å². The number of rotatable bonds is 7. The zero-order valence-electron chi connectivity index (χ0n) is 17.7. The summed E-state index contributed by atoms with van der Waals surface area (Å²) in [5.74, 6) is -0.500. The molecule has 7 heteroatoms. The maximum absolute atomic E-state index is 13.2. The van der Waals surface area contributed by atoms with Crippen LogP contribution in [0, 0.1) is 17.8 Å². The minimum atomic E-state index is -4.06. The first-order valence-electron chi connectivity index (χ1n) is 11.2. The van der Waals surface area contributed by atoms with E-state index in [-0.39, 0.29) is 11.7 Å². The summed E-state index contributed by atoms with van der Waals surface area (Å²) < 4.78 is 30.8. The Bertz CT molecular complexity index is 1170. The molecular formula is C24H27NO5S. The second-order valence-electron chi connectivity index (χ2n) is 9.29. The molecule has 2 amide bonds. The van der Waals surface area contributed by atoms with E-state index >= 15 is 0 Å². The fourth-order valence-electron chi connectivity index (χ4n) is 5.73. The molecular weight excluding hydrogens is 414 g/mol. The maximum atomic E-state index is 13.2. The number of nitrogens with zero attached hydrogens (tertiary/aromatic N) is 1. The Balaban J connectivity index is 1.45. The molecule has 1 aliphatic heterocycles. The summed E-state index contributed by atoms with van der Waals surface area (Å²) >= 11 is 0. The van der Waals surface area contributed by atoms with Gasteiger partial charge in [-0.25, -0.2) is 0 Å². The maximum Gasteiger partial charge on any atom is 0.288 e. The first kappa shape index (κ1) is 20.6. The van der Waals surface area contributed by atoms with Gasteiger partial charge in [-0.2, -0.15) is 8.42 Å². The SMILES string of the molecule is CCCCc1cc2c3c(cccc3c1)C(=O)N(OS(=O)(=O)CC1CC3CCC1C3)C2=O. The molecule has 0 saturated heterocycles. The normalized spacial score (nSPS) is 25.1. The molecule has 31 heavy (non-hydrogen) atoms. The highest BCUT2D eigenvalue weighted by molar-refractivity contribution is 7.86. The molecule has 0 radical (unpaired) electrons. The van der Waals surface area contributed by atoms with E-state index in [1.807, 2.05) is 12.1 Å². The first-order valence-corrected chi connectivity index (χ1v) is 12.8. The van der Waals surface area contributed by atoms with Crippen molar-refractivity contribution < 1.29 is 22.3 Å². The lowest BCUT2D eigenvalue weighted by molar-refractivity contribution is -0.0158. The molecule has 2 fully saturated rings. The number of imide groups is 1. The van der Waals surface area contributed by atoms with Crippen LogP contribution in [0.1, 0.15) is 71.7 Å². The highest BCUT2D eigenvalue weighted by Crippen LogP contribution is 2.48. The van der Waals surface area contributed by atoms with Crippen molar-refractivity contribution in [3.05, 3.63) is 47.0 Å². The van der Waals surface area contributed by atoms with Crippen LogP contribution in [0.2, 0.25) is 0 Å². The van der Waals surface area contributed by atoms with Gasteiger partial charge in [0.2, 0.25) is 0 Å². The van der Waals surface area contributed by atoms with Gasteiger partial charge in [0.15, 0.2) is 0 Å². The molecule has 2 aromatic rings. The van der Waals surface area contributed by atoms with Crippen LogP contribution >= 0.6 is 0 Å². The van der Waals surface area contributed by atoms with E-state index in [9.17, 15) is 18.0 Å². The predicted molar refractivity (Wildman–Crippen MR) is 117 cm³/mol. The Morgan fingerprint density at radius 3 is 2.58 bits per heavy atom. The van der Waals surface area contributed by atoms with E-state index in [1.54, 1.807) is 18.2 Å². The van der Waals surface area contributed by atoms with Crippen molar-refractivity contribution in [1.29, 1.82) is 0 Å². The predicted octanol–water partition coefficient (Wildman–Crippen LogP) is 4.48. The highest BCUT2D eigenvalue weighted by Gasteiger charge is 2.43. The summed E-state index contributed by atoms with van der Waals surface area (Å²) in [6.07, 6.45) is 7.02. The van der Waals surface area contributed by atoms with E-state index in [0.717, 1.165) is 49.5 Å². The number of carbonyl (C=O) groups excluding carboxylic acids is 2. The number of amides is 2. The molecule has 2 aliphatic carbocycles. The minimum absolute atomic E-state index is 0.0510. The van der Waals surface area contributed by atoms with Crippen molar-refractivity contribution in [3.63, 3.8) is 0 Å². The molecule has 2 bridgehead atoms. The van der Waals surface area contributed by atoms with E-state index in [1.165, 1.54) is 6.42 Å². The molecule has 0 N–H and O–H groups in total. The Morgan fingerprint density at radius 2 is 1.87 bits per heavy atom. The lowest BCUT2D eigenvalue weighted by Gasteiger charge is -2.27. The third-order valence-electron chi connectivity index (χ3n) is 7.18. The Morgan fingerprint density at radius 1 is 1.06 bits per heavy atom. The van der Waals surface area contributed by atoms with Gasteiger partial charge < -0.3 is 0 Å². The lowest BCUT2D eigenvalue weighted by Crippen LogP contribution is -2.42. The smallest absolute Gasteiger partial charge is 0.266 e. The average Bonchev–Trinajstić information content (AvgIpc) is 3.36. The first-order chi connectivity index (χ1) is 14.9. The number of carbonyl (C=O) groups is 2. The van der Waals surface area contributed by atoms with Crippen molar-refractivity contribution in [2.75, 3.05) is 5.75 Å². The molecule has 2 aromatic carbocycles. The van der Waals surface area contributed by atoms with Gasteiger partial charge in [-0.15, -0.1) is 9.35 Å². The Kier molecular flexibility index (Phi) is 5.13. The van der Waals surface area contributed by atoms with Crippen LogP contribution in [0.5, 0.6) is 0 Å². The van der Waals surface area contributed by atoms with E-state index in [2.05, 4.69) is 6.92 Å². The summed E-state index contributed by atoms with van der Waals surface area (Å²) in [5.41, 5.74) is 1.62. The van der Waals surface area contributed by atoms with Crippen LogP contribution in [-0.4, -0.2) is 31.0 Å². The summed E-state index contributed by atoms with van der Waals surface area (Å²) in [4.78, 5) is 26.2. The molecule has 3 aliphatic rings. The summed E-state index contributed by atoms with van der Waals surface area (Å²) in [5, 5.41) is 1.85. The van der Waals surface area contributed by atoms with Gasteiger partial charge in [-0.05, 0) is 72.9 Å². The monoisotopic (exact) mass is 441 g/mol. The van der Waals surface area contributed by atoms with Gasteiger partial charge in [0.05, 0.1) is 16.9 Å². The van der Waals surface area contributed by atoms with Crippen molar-refractivity contribution in [3.8, 4) is 0 Å². The summed E-state index contributed by atoms with van der Waals surface area (Å²) in [6.45, 7) is 2.10. The molecule has 0 aromatic heterocycles. The molecule has 3 unspecified atom stereocenters. The van der Waals surface area contributed by atoms with Crippen molar-refractivity contribution in [2.45, 2.75) is 51.9 Å². The van der Waals surface area contributed by atoms with Gasteiger partial charge in [0.1, 0.15) is 0 Å². The molecule has 5 rings (SSSR count). The number of unbranched alkanes of at least 4 members (excludes halogenated alkanes) is 1. The van der Waals surface area contributed by atoms with Gasteiger partial charge in [0, 0.05) is 5.39 Å². The summed E-state index contributed by atoms with van der Waals surface area (Å²) in [7, 11) is -4.06. The van der Waals surface area contributed by atoms with Crippen LogP contribution in [0.15, 0.2) is 30.3 Å². The van der Waals surface area contributed by atoms with E-state index in [0.29, 0.717) is 33.4 Å². The molecule has 3 atom stereocenters. The molecule has 1 heterocycles. The van der Waals surface area contributed by atoms with E-state index in [4.69, 9.17) is 4.28 Å². The van der Waals surface area contributed by atoms with Crippen molar-refractivity contribution in [2.24, 2.45) is 17.8 Å². The zero-order valence-corrected chi connectivity index (χ0v) is 18.5. The second-order valence-corrected chi connectivity index (χ2v) is 10.9. The van der Waals surface area contributed by atoms with Crippen molar-refractivity contribution >= 4 is 32.7 Å². The minimum Gasteiger partial charge on any atom is -0.266 e. The summed E-state index contributed by atoms with van der Waals surface area (Å²) in [6, 6.07) is 9.02. The third-order valence-corrected chi connectivity index (χ3v) is 8.39. The second kappa shape index (κ2) is 7.71. The van der Waals surface area contributed by atoms with E-state index < -0.39 is 21.9 Å². The largest absolute Gasteiger partial charge is 0.288 e. The molecule has 2 saturated carbocycles. The number of fused-ring (bicyclic) bond motifs is 2. The van der Waals surface area contributed by atoms with Crippen LogP contribution < -0.4 is 0 Å². The average molecular weight is 442 g/mol. The third kappa shape index (κ3) is 3.68. The van der Waals surface area contributed by atoms with Crippen molar-refractivity contribution in [1.82, 2.24) is 5.06 Å². The van der Waals surface area contributed by atoms with Gasteiger partial charge in [-0.3, -0.25) is 9.59 Å². The number of hydrogen-bond donors (Lipinski definition) is 0. The number of benzene rings is 2. The van der Waals surface area contributed by atoms with Crippen LogP contribution in [0.25, 0.3) is 10.8 Å². The standard InChI is InChI=1S/C24H27NO5S/c1-2-3-5-15-11-18-6-4-7-20-22(18)21(13-15)24(27)25(23(20)26)30-31(28,29)14-19-12-16-8-9-17(19)10-16/h4,6-7,11,13,16-17,19H,2-3,5,8-10,12,14H2,1H3. The molecule has 0 spiro atoms. The van der Waals surface area contributed by atoms with Crippen LogP contribution in [-0.2, 0) is 20.8 Å². The Labute approximate surface area is 182 Å². The number of hydrogen-bond acceptors (Lipinski definition) is 5. The number of hydroxylamine groups is 2. The Hall–Kier alpha value is -2.25. The molecule has 6 nitrogen and oxygen atoms in total. The van der Waals surface area contributed by atoms with Crippen LogP contribution in [0.3, 0.4) is 0 Å². The van der Waals surface area contributed by atoms with Crippen LogP contribution in [0.4, 0.5) is 0 Å². The zero-order chi connectivity index (χ0) is 21.8. The lowest BCUT2D eigenvalue weighted by atomic mass is 9.90. The number of aryl methyl sites for hydroxylation is 1. The van der Waals surface area contributed by atoms with Gasteiger partial charge in [-0.1, -0.05) is 38.0 Å². The quantitative estimate of drug-likeness (QED) is 0.592. The fourth-order valence-corrected chi connectivity index (χ4v) is 7.08.